The fourth-order valence-corrected chi connectivity index (χ4v) is 3.37. The van der Waals surface area contributed by atoms with Gasteiger partial charge in [-0.25, -0.2) is 0 Å². The van der Waals surface area contributed by atoms with E-state index in [1.807, 2.05) is 4.68 Å². The minimum atomic E-state index is 0.114. The first-order valence-electron chi connectivity index (χ1n) is 7.74. The zero-order valence-electron chi connectivity index (χ0n) is 13.2. The van der Waals surface area contributed by atoms with Crippen molar-refractivity contribution in [1.29, 1.82) is 0 Å². The summed E-state index contributed by atoms with van der Waals surface area (Å²) in [5, 5.41) is 4.30. The molecule has 4 heteroatoms. The Balaban J connectivity index is 1.86. The van der Waals surface area contributed by atoms with Gasteiger partial charge in [-0.05, 0) is 41.2 Å². The number of carbonyl (C=O) groups excluding carboxylic acids is 1. The molecule has 1 unspecified atom stereocenters. The van der Waals surface area contributed by atoms with Gasteiger partial charge in [0, 0.05) is 10.7 Å². The second-order valence-corrected chi connectivity index (χ2v) is 7.06. The normalized spacial score (nSPS) is 17.8. The summed E-state index contributed by atoms with van der Waals surface area (Å²) < 4.78 is 2.89. The zero-order chi connectivity index (χ0) is 16.4. The summed E-state index contributed by atoms with van der Waals surface area (Å²) in [5.74, 6) is 0.537. The summed E-state index contributed by atoms with van der Waals surface area (Å²) in [6.45, 7) is 4.40. The van der Waals surface area contributed by atoms with Crippen molar-refractivity contribution in [2.45, 2.75) is 32.2 Å². The molecule has 3 nitrogen and oxygen atoms in total. The monoisotopic (exact) mass is 370 g/mol. The van der Waals surface area contributed by atoms with E-state index in [-0.39, 0.29) is 6.04 Å². The number of benzene rings is 1. The summed E-state index contributed by atoms with van der Waals surface area (Å²) in [5.41, 5.74) is 4.45. The maximum atomic E-state index is 10.9. The summed E-state index contributed by atoms with van der Waals surface area (Å²) in [4.78, 5) is 10.9. The van der Waals surface area contributed by atoms with E-state index in [9.17, 15) is 4.79 Å². The molecule has 1 aliphatic carbocycles. The Hall–Kier alpha value is -1.94. The molecule has 0 saturated carbocycles. The molecule has 0 amide bonds. The van der Waals surface area contributed by atoms with Crippen molar-refractivity contribution >= 4 is 27.8 Å². The van der Waals surface area contributed by atoms with E-state index in [0.717, 1.165) is 17.2 Å². The molecule has 1 aromatic carbocycles. The summed E-state index contributed by atoms with van der Waals surface area (Å²) in [6.07, 6.45) is 9.35. The van der Waals surface area contributed by atoms with Crippen molar-refractivity contribution < 1.29 is 4.79 Å². The van der Waals surface area contributed by atoms with Gasteiger partial charge >= 0.3 is 0 Å². The standard InChI is InChI=1S/C19H19BrN2O/c1-13(2)15-3-5-16(6-4-15)17-7-18(20)9-19(8-17)22-11-14(12-23)10-21-22/h3-7,9-13,19H,8H2,1-2H3. The first kappa shape index (κ1) is 15.9. The molecule has 1 atom stereocenters. The van der Waals surface area contributed by atoms with Crippen LogP contribution in [0.5, 0.6) is 0 Å². The lowest BCUT2D eigenvalue weighted by atomic mass is 9.92. The summed E-state index contributed by atoms with van der Waals surface area (Å²) in [6, 6.07) is 8.87. The Morgan fingerprint density at radius 2 is 2.04 bits per heavy atom. The molecule has 0 saturated heterocycles. The van der Waals surface area contributed by atoms with E-state index in [4.69, 9.17) is 0 Å². The fourth-order valence-electron chi connectivity index (χ4n) is 2.79. The average molecular weight is 371 g/mol. The van der Waals surface area contributed by atoms with Crippen molar-refractivity contribution in [2.75, 3.05) is 0 Å². The van der Waals surface area contributed by atoms with E-state index in [0.29, 0.717) is 11.5 Å². The van der Waals surface area contributed by atoms with Crippen molar-refractivity contribution in [3.63, 3.8) is 0 Å². The van der Waals surface area contributed by atoms with Crippen LogP contribution in [0, 0.1) is 0 Å². The fraction of sp³-hybridized carbons (Fsp3) is 0.263. The van der Waals surface area contributed by atoms with Crippen LogP contribution in [0.2, 0.25) is 0 Å². The van der Waals surface area contributed by atoms with Gasteiger partial charge in [0.1, 0.15) is 0 Å². The molecule has 1 aromatic heterocycles. The van der Waals surface area contributed by atoms with E-state index in [1.165, 1.54) is 16.7 Å². The highest BCUT2D eigenvalue weighted by molar-refractivity contribution is 9.11. The SMILES string of the molecule is CC(C)c1ccc(C2=CC(Br)=CC(n3cc(C=O)cn3)C2)cc1. The van der Waals surface area contributed by atoms with Crippen LogP contribution in [0.3, 0.4) is 0 Å². The largest absolute Gasteiger partial charge is 0.298 e. The molecular formula is C19H19BrN2O. The second kappa shape index (κ2) is 6.67. The lowest BCUT2D eigenvalue weighted by molar-refractivity contribution is 0.112. The number of hydrogen-bond donors (Lipinski definition) is 0. The van der Waals surface area contributed by atoms with Gasteiger partial charge in [0.2, 0.25) is 0 Å². The molecule has 0 spiro atoms. The van der Waals surface area contributed by atoms with Crippen molar-refractivity contribution in [2.24, 2.45) is 0 Å². The number of halogens is 1. The summed E-state index contributed by atoms with van der Waals surface area (Å²) >= 11 is 3.60. The number of aldehydes is 1. The van der Waals surface area contributed by atoms with Crippen LogP contribution in [-0.2, 0) is 0 Å². The minimum absolute atomic E-state index is 0.114. The number of carbonyl (C=O) groups is 1. The van der Waals surface area contributed by atoms with Crippen LogP contribution >= 0.6 is 15.9 Å². The van der Waals surface area contributed by atoms with Gasteiger partial charge < -0.3 is 0 Å². The highest BCUT2D eigenvalue weighted by atomic mass is 79.9. The van der Waals surface area contributed by atoms with E-state index >= 15 is 0 Å². The molecule has 0 radical (unpaired) electrons. The number of nitrogens with zero attached hydrogens (tertiary/aromatic N) is 2. The van der Waals surface area contributed by atoms with Gasteiger partial charge in [-0.15, -0.1) is 0 Å². The predicted molar refractivity (Wildman–Crippen MR) is 96.8 cm³/mol. The Labute approximate surface area is 144 Å². The molecule has 118 valence electrons. The van der Waals surface area contributed by atoms with Crippen molar-refractivity contribution in [3.05, 3.63) is 70.0 Å². The van der Waals surface area contributed by atoms with Crippen LogP contribution in [0.4, 0.5) is 0 Å². The number of rotatable bonds is 4. The maximum absolute atomic E-state index is 10.9. The second-order valence-electron chi connectivity index (χ2n) is 6.14. The van der Waals surface area contributed by atoms with Gasteiger partial charge in [-0.1, -0.05) is 54.0 Å². The highest BCUT2D eigenvalue weighted by Gasteiger charge is 2.18. The van der Waals surface area contributed by atoms with Gasteiger partial charge in [0.05, 0.1) is 17.8 Å². The lowest BCUT2D eigenvalue weighted by Crippen LogP contribution is -2.11. The Kier molecular flexibility index (Phi) is 4.62. The van der Waals surface area contributed by atoms with Crippen LogP contribution in [0.1, 0.15) is 53.7 Å². The highest BCUT2D eigenvalue weighted by Crippen LogP contribution is 2.35. The Bertz CT molecular complexity index is 769. The van der Waals surface area contributed by atoms with Crippen LogP contribution in [0.25, 0.3) is 5.57 Å². The van der Waals surface area contributed by atoms with E-state index in [2.05, 4.69) is 71.3 Å². The average Bonchev–Trinajstić information content (AvgIpc) is 3.03. The van der Waals surface area contributed by atoms with Crippen LogP contribution in [-0.4, -0.2) is 16.1 Å². The smallest absolute Gasteiger partial charge is 0.153 e. The third-order valence-electron chi connectivity index (χ3n) is 4.14. The van der Waals surface area contributed by atoms with E-state index in [1.54, 1.807) is 12.4 Å². The number of aromatic nitrogens is 2. The van der Waals surface area contributed by atoms with Crippen LogP contribution < -0.4 is 0 Å². The number of hydrogen-bond acceptors (Lipinski definition) is 2. The van der Waals surface area contributed by atoms with Crippen molar-refractivity contribution in [3.8, 4) is 0 Å². The maximum Gasteiger partial charge on any atom is 0.153 e. The topological polar surface area (TPSA) is 34.9 Å². The molecule has 0 bridgehead atoms. The molecule has 2 aromatic rings. The van der Waals surface area contributed by atoms with Gasteiger partial charge in [-0.3, -0.25) is 9.48 Å². The third-order valence-corrected chi connectivity index (χ3v) is 4.63. The zero-order valence-corrected chi connectivity index (χ0v) is 14.8. The number of allylic oxidation sites excluding steroid dienone is 4. The molecule has 3 rings (SSSR count). The predicted octanol–water partition coefficient (Wildman–Crippen LogP) is 5.13. The van der Waals surface area contributed by atoms with Gasteiger partial charge in [-0.2, -0.15) is 5.10 Å². The quantitative estimate of drug-likeness (QED) is 0.699. The third kappa shape index (κ3) is 3.53. The van der Waals surface area contributed by atoms with Gasteiger partial charge in [0.15, 0.2) is 6.29 Å². The molecule has 23 heavy (non-hydrogen) atoms. The van der Waals surface area contributed by atoms with Crippen molar-refractivity contribution in [1.82, 2.24) is 9.78 Å². The minimum Gasteiger partial charge on any atom is -0.298 e. The Morgan fingerprint density at radius 1 is 1.30 bits per heavy atom. The molecule has 0 N–H and O–H groups in total. The first-order chi connectivity index (χ1) is 11.1. The summed E-state index contributed by atoms with van der Waals surface area (Å²) in [7, 11) is 0. The molecule has 1 aliphatic rings. The molecule has 1 heterocycles. The van der Waals surface area contributed by atoms with E-state index < -0.39 is 0 Å². The Morgan fingerprint density at radius 3 is 2.65 bits per heavy atom. The first-order valence-corrected chi connectivity index (χ1v) is 8.53. The molecule has 0 fully saturated rings. The van der Waals surface area contributed by atoms with Gasteiger partial charge in [0.25, 0.3) is 0 Å². The molecule has 0 aliphatic heterocycles. The lowest BCUT2D eigenvalue weighted by Gasteiger charge is -2.21. The van der Waals surface area contributed by atoms with Crippen LogP contribution in [0.15, 0.2) is 53.3 Å². The molecular weight excluding hydrogens is 352 g/mol.